The standard InChI is InChI=1S/C9H14F3N3O2/c1-6(16)14-7-2-3-15(4-7)8(17)13-5-9(10,11)12/h7H,2-5H2,1H3,(H,13,17)(H,14,16). The molecule has 0 aromatic rings. The monoisotopic (exact) mass is 253 g/mol. The summed E-state index contributed by atoms with van der Waals surface area (Å²) in [6.07, 6.45) is -3.86. The zero-order valence-corrected chi connectivity index (χ0v) is 9.30. The zero-order chi connectivity index (χ0) is 13.1. The SMILES string of the molecule is CC(=O)NC1CCN(C(=O)NCC(F)(F)F)C1. The quantitative estimate of drug-likeness (QED) is 0.751. The number of hydrogen-bond acceptors (Lipinski definition) is 2. The molecule has 98 valence electrons. The molecule has 1 unspecified atom stereocenters. The molecule has 1 heterocycles. The number of nitrogens with one attached hydrogen (secondary N) is 2. The van der Waals surface area contributed by atoms with Gasteiger partial charge in [-0.2, -0.15) is 13.2 Å². The number of carbonyl (C=O) groups excluding carboxylic acids is 2. The fourth-order valence-electron chi connectivity index (χ4n) is 1.64. The van der Waals surface area contributed by atoms with Gasteiger partial charge in [0, 0.05) is 26.1 Å². The lowest BCUT2D eigenvalue weighted by molar-refractivity contribution is -0.123. The molecule has 0 aromatic carbocycles. The molecule has 0 aromatic heterocycles. The number of rotatable bonds is 2. The Morgan fingerprint density at radius 3 is 2.59 bits per heavy atom. The van der Waals surface area contributed by atoms with E-state index >= 15 is 0 Å². The molecule has 0 bridgehead atoms. The third kappa shape index (κ3) is 4.92. The topological polar surface area (TPSA) is 61.4 Å². The molecule has 0 aliphatic carbocycles. The molecule has 1 atom stereocenters. The van der Waals surface area contributed by atoms with Gasteiger partial charge in [0.15, 0.2) is 0 Å². The minimum Gasteiger partial charge on any atom is -0.352 e. The summed E-state index contributed by atoms with van der Waals surface area (Å²) in [6.45, 7) is 0.595. The molecule has 5 nitrogen and oxygen atoms in total. The lowest BCUT2D eigenvalue weighted by Crippen LogP contribution is -2.44. The van der Waals surface area contributed by atoms with Crippen LogP contribution in [0.5, 0.6) is 0 Å². The summed E-state index contributed by atoms with van der Waals surface area (Å²) < 4.78 is 35.6. The number of urea groups is 1. The van der Waals surface area contributed by atoms with Crippen LogP contribution in [0.4, 0.5) is 18.0 Å². The molecule has 3 amide bonds. The Bertz CT molecular complexity index is 306. The van der Waals surface area contributed by atoms with Crippen molar-refractivity contribution in [3.05, 3.63) is 0 Å². The minimum atomic E-state index is -4.41. The molecule has 1 rings (SSSR count). The van der Waals surface area contributed by atoms with Crippen LogP contribution in [0.1, 0.15) is 13.3 Å². The van der Waals surface area contributed by atoms with Crippen molar-refractivity contribution in [2.75, 3.05) is 19.6 Å². The molecule has 0 saturated carbocycles. The highest BCUT2D eigenvalue weighted by atomic mass is 19.4. The molecule has 1 aliphatic heterocycles. The van der Waals surface area contributed by atoms with Gasteiger partial charge in [-0.05, 0) is 6.42 Å². The molecule has 1 aliphatic rings. The molecule has 8 heteroatoms. The average Bonchev–Trinajstić information content (AvgIpc) is 2.60. The van der Waals surface area contributed by atoms with Gasteiger partial charge in [0.2, 0.25) is 5.91 Å². The first kappa shape index (κ1) is 13.6. The number of alkyl halides is 3. The van der Waals surface area contributed by atoms with Crippen LogP contribution in [0.25, 0.3) is 0 Å². The summed E-state index contributed by atoms with van der Waals surface area (Å²) in [5, 5.41) is 4.40. The Labute approximate surface area is 96.3 Å². The number of halogens is 3. The van der Waals surface area contributed by atoms with E-state index in [-0.39, 0.29) is 18.5 Å². The van der Waals surface area contributed by atoms with Crippen molar-refractivity contribution in [2.24, 2.45) is 0 Å². The van der Waals surface area contributed by atoms with E-state index in [2.05, 4.69) is 5.32 Å². The molecular formula is C9H14F3N3O2. The minimum absolute atomic E-state index is 0.177. The van der Waals surface area contributed by atoms with E-state index in [0.717, 1.165) is 0 Å². The molecule has 0 spiro atoms. The van der Waals surface area contributed by atoms with Crippen LogP contribution in [0.15, 0.2) is 0 Å². The van der Waals surface area contributed by atoms with E-state index in [4.69, 9.17) is 0 Å². The number of carbonyl (C=O) groups is 2. The van der Waals surface area contributed by atoms with E-state index in [9.17, 15) is 22.8 Å². The number of amides is 3. The van der Waals surface area contributed by atoms with Gasteiger partial charge in [-0.1, -0.05) is 0 Å². The van der Waals surface area contributed by atoms with Crippen molar-refractivity contribution in [2.45, 2.75) is 25.6 Å². The summed E-state index contributed by atoms with van der Waals surface area (Å²) >= 11 is 0. The van der Waals surface area contributed by atoms with E-state index < -0.39 is 18.8 Å². The second-order valence-electron chi connectivity index (χ2n) is 3.91. The summed E-state index contributed by atoms with van der Waals surface area (Å²) in [5.74, 6) is -0.215. The highest BCUT2D eigenvalue weighted by Crippen LogP contribution is 2.13. The summed E-state index contributed by atoms with van der Waals surface area (Å²) in [4.78, 5) is 23.3. The highest BCUT2D eigenvalue weighted by molar-refractivity contribution is 5.75. The first-order chi connectivity index (χ1) is 7.78. The lowest BCUT2D eigenvalue weighted by atomic mass is 10.3. The molecule has 17 heavy (non-hydrogen) atoms. The average molecular weight is 253 g/mol. The first-order valence-electron chi connectivity index (χ1n) is 5.14. The molecule has 1 fully saturated rings. The molecule has 2 N–H and O–H groups in total. The Morgan fingerprint density at radius 2 is 2.06 bits per heavy atom. The van der Waals surface area contributed by atoms with Gasteiger partial charge in [-0.25, -0.2) is 4.79 Å². The van der Waals surface area contributed by atoms with Crippen molar-refractivity contribution in [3.63, 3.8) is 0 Å². The predicted molar refractivity (Wildman–Crippen MR) is 53.2 cm³/mol. The second kappa shape index (κ2) is 5.24. The Morgan fingerprint density at radius 1 is 1.41 bits per heavy atom. The van der Waals surface area contributed by atoms with E-state index in [1.54, 1.807) is 5.32 Å². The maximum Gasteiger partial charge on any atom is 0.405 e. The van der Waals surface area contributed by atoms with Crippen LogP contribution in [-0.2, 0) is 4.79 Å². The van der Waals surface area contributed by atoms with Gasteiger partial charge in [-0.3, -0.25) is 4.79 Å². The van der Waals surface area contributed by atoms with Gasteiger partial charge in [0.05, 0.1) is 0 Å². The predicted octanol–water partition coefficient (Wildman–Crippen LogP) is 0.469. The van der Waals surface area contributed by atoms with E-state index in [1.165, 1.54) is 11.8 Å². The largest absolute Gasteiger partial charge is 0.405 e. The molecular weight excluding hydrogens is 239 g/mol. The summed E-state index contributed by atoms with van der Waals surface area (Å²) in [5.41, 5.74) is 0. The van der Waals surface area contributed by atoms with Gasteiger partial charge in [0.25, 0.3) is 0 Å². The fraction of sp³-hybridized carbons (Fsp3) is 0.778. The van der Waals surface area contributed by atoms with Crippen LogP contribution >= 0.6 is 0 Å². The van der Waals surface area contributed by atoms with Gasteiger partial charge in [0.1, 0.15) is 6.54 Å². The number of nitrogens with zero attached hydrogens (tertiary/aromatic N) is 1. The van der Waals surface area contributed by atoms with E-state index in [0.29, 0.717) is 13.0 Å². The number of likely N-dealkylation sites (tertiary alicyclic amines) is 1. The van der Waals surface area contributed by atoms with Crippen LogP contribution in [0.3, 0.4) is 0 Å². The van der Waals surface area contributed by atoms with Gasteiger partial charge in [-0.15, -0.1) is 0 Å². The molecule has 1 saturated heterocycles. The third-order valence-electron chi connectivity index (χ3n) is 2.32. The Balaban J connectivity index is 2.33. The van der Waals surface area contributed by atoms with Crippen LogP contribution in [-0.4, -0.2) is 48.7 Å². The van der Waals surface area contributed by atoms with Gasteiger partial charge >= 0.3 is 12.2 Å². The lowest BCUT2D eigenvalue weighted by Gasteiger charge is -2.18. The first-order valence-corrected chi connectivity index (χ1v) is 5.14. The summed E-state index contributed by atoms with van der Waals surface area (Å²) in [7, 11) is 0. The second-order valence-corrected chi connectivity index (χ2v) is 3.91. The van der Waals surface area contributed by atoms with Crippen molar-refractivity contribution in [1.29, 1.82) is 0 Å². The van der Waals surface area contributed by atoms with Crippen molar-refractivity contribution >= 4 is 11.9 Å². The highest BCUT2D eigenvalue weighted by Gasteiger charge is 2.31. The maximum absolute atomic E-state index is 11.9. The Hall–Kier alpha value is -1.47. The van der Waals surface area contributed by atoms with Crippen molar-refractivity contribution in [3.8, 4) is 0 Å². The zero-order valence-electron chi connectivity index (χ0n) is 9.30. The van der Waals surface area contributed by atoms with Crippen molar-refractivity contribution in [1.82, 2.24) is 15.5 Å². The third-order valence-corrected chi connectivity index (χ3v) is 2.32. The summed E-state index contributed by atoms with van der Waals surface area (Å²) in [6, 6.07) is -0.931. The van der Waals surface area contributed by atoms with E-state index in [1.807, 2.05) is 0 Å². The smallest absolute Gasteiger partial charge is 0.352 e. The maximum atomic E-state index is 11.9. The van der Waals surface area contributed by atoms with Crippen LogP contribution < -0.4 is 10.6 Å². The number of hydrogen-bond donors (Lipinski definition) is 2. The molecule has 0 radical (unpaired) electrons. The van der Waals surface area contributed by atoms with Crippen molar-refractivity contribution < 1.29 is 22.8 Å². The normalized spacial score (nSPS) is 20.2. The van der Waals surface area contributed by atoms with Crippen LogP contribution in [0.2, 0.25) is 0 Å². The van der Waals surface area contributed by atoms with Crippen LogP contribution in [0, 0.1) is 0 Å². The van der Waals surface area contributed by atoms with Gasteiger partial charge < -0.3 is 15.5 Å². The fourth-order valence-corrected chi connectivity index (χ4v) is 1.64. The Kier molecular flexibility index (Phi) is 4.19.